The predicted octanol–water partition coefficient (Wildman–Crippen LogP) is 5.13. The van der Waals surface area contributed by atoms with Gasteiger partial charge in [-0.2, -0.15) is 5.26 Å². The highest BCUT2D eigenvalue weighted by molar-refractivity contribution is 6.10. The van der Waals surface area contributed by atoms with Crippen molar-refractivity contribution in [2.75, 3.05) is 5.32 Å². The van der Waals surface area contributed by atoms with Crippen molar-refractivity contribution in [3.63, 3.8) is 0 Å². The first-order valence-electron chi connectivity index (χ1n) is 9.60. The molecule has 0 fully saturated rings. The van der Waals surface area contributed by atoms with E-state index < -0.39 is 5.91 Å². The van der Waals surface area contributed by atoms with Gasteiger partial charge in [0.25, 0.3) is 5.91 Å². The number of aryl methyl sites for hydroxylation is 3. The molecule has 1 aromatic heterocycles. The number of hydrogen-bond acceptors (Lipinski definition) is 4. The van der Waals surface area contributed by atoms with Crippen molar-refractivity contribution in [3.8, 4) is 11.8 Å². The lowest BCUT2D eigenvalue weighted by molar-refractivity contribution is -0.112. The summed E-state index contributed by atoms with van der Waals surface area (Å²) in [6.07, 6.45) is 3.33. The number of nitriles is 1. The highest BCUT2D eigenvalue weighted by atomic mass is 16.5. The number of rotatable bonds is 6. The van der Waals surface area contributed by atoms with E-state index in [4.69, 9.17) is 4.74 Å². The second kappa shape index (κ2) is 9.53. The van der Waals surface area contributed by atoms with Crippen LogP contribution in [-0.2, 0) is 11.4 Å². The minimum atomic E-state index is -0.433. The summed E-state index contributed by atoms with van der Waals surface area (Å²) in [5, 5.41) is 12.3. The summed E-state index contributed by atoms with van der Waals surface area (Å²) >= 11 is 0. The van der Waals surface area contributed by atoms with Gasteiger partial charge in [0.2, 0.25) is 0 Å². The first kappa shape index (κ1) is 20.8. The van der Waals surface area contributed by atoms with Gasteiger partial charge in [0.15, 0.2) is 0 Å². The maximum absolute atomic E-state index is 12.6. The molecule has 0 saturated carbocycles. The number of ether oxygens (including phenoxy) is 1. The molecule has 5 heteroatoms. The van der Waals surface area contributed by atoms with Crippen LogP contribution in [-0.4, -0.2) is 10.9 Å². The van der Waals surface area contributed by atoms with Gasteiger partial charge in [-0.05, 0) is 79.4 Å². The van der Waals surface area contributed by atoms with E-state index in [0.717, 1.165) is 33.7 Å². The molecule has 0 unspecified atom stereocenters. The SMILES string of the molecule is Cc1ccccc1NC(=O)/C(C#N)=C/c1cc(C)c(OCc2ccccn2)c(C)c1. The molecule has 1 N–H and O–H groups in total. The molecule has 0 atom stereocenters. The second-order valence-electron chi connectivity index (χ2n) is 7.03. The number of para-hydroxylation sites is 1. The van der Waals surface area contributed by atoms with Crippen LogP contribution in [0.3, 0.4) is 0 Å². The largest absolute Gasteiger partial charge is 0.487 e. The lowest BCUT2D eigenvalue weighted by atomic mass is 10.0. The molecule has 0 radical (unpaired) electrons. The summed E-state index contributed by atoms with van der Waals surface area (Å²) in [6.45, 7) is 6.16. The molecule has 3 rings (SSSR count). The van der Waals surface area contributed by atoms with Gasteiger partial charge in [-0.3, -0.25) is 9.78 Å². The first-order valence-corrected chi connectivity index (χ1v) is 9.60. The molecule has 0 bridgehead atoms. The van der Waals surface area contributed by atoms with Crippen molar-refractivity contribution >= 4 is 17.7 Å². The van der Waals surface area contributed by atoms with Crippen molar-refractivity contribution in [1.29, 1.82) is 5.26 Å². The van der Waals surface area contributed by atoms with Crippen LogP contribution < -0.4 is 10.1 Å². The number of benzene rings is 2. The Labute approximate surface area is 176 Å². The number of pyridine rings is 1. The zero-order valence-electron chi connectivity index (χ0n) is 17.3. The van der Waals surface area contributed by atoms with Crippen molar-refractivity contribution in [2.45, 2.75) is 27.4 Å². The molecule has 0 aliphatic carbocycles. The third-order valence-corrected chi connectivity index (χ3v) is 4.64. The van der Waals surface area contributed by atoms with Gasteiger partial charge >= 0.3 is 0 Å². The molecular weight excluding hydrogens is 374 g/mol. The Morgan fingerprint density at radius 3 is 2.40 bits per heavy atom. The van der Waals surface area contributed by atoms with Crippen molar-refractivity contribution in [3.05, 3.63) is 94.3 Å². The predicted molar refractivity (Wildman–Crippen MR) is 118 cm³/mol. The number of hydrogen-bond donors (Lipinski definition) is 1. The minimum absolute atomic E-state index is 0.0409. The van der Waals surface area contributed by atoms with E-state index in [-0.39, 0.29) is 5.57 Å². The van der Waals surface area contributed by atoms with Crippen molar-refractivity contribution < 1.29 is 9.53 Å². The zero-order valence-corrected chi connectivity index (χ0v) is 17.3. The van der Waals surface area contributed by atoms with Crippen LogP contribution in [0.2, 0.25) is 0 Å². The van der Waals surface area contributed by atoms with Crippen LogP contribution in [0.15, 0.2) is 66.4 Å². The summed E-state index contributed by atoms with van der Waals surface area (Å²) < 4.78 is 5.95. The van der Waals surface area contributed by atoms with Gasteiger partial charge in [-0.1, -0.05) is 24.3 Å². The Kier molecular flexibility index (Phi) is 6.61. The second-order valence-corrected chi connectivity index (χ2v) is 7.03. The zero-order chi connectivity index (χ0) is 21.5. The molecule has 0 aliphatic rings. The Hall–Kier alpha value is -3.91. The monoisotopic (exact) mass is 397 g/mol. The van der Waals surface area contributed by atoms with Gasteiger partial charge in [0.1, 0.15) is 24.0 Å². The van der Waals surface area contributed by atoms with Gasteiger partial charge < -0.3 is 10.1 Å². The fourth-order valence-corrected chi connectivity index (χ4v) is 3.14. The number of aromatic nitrogens is 1. The Bertz CT molecular complexity index is 1110. The fraction of sp³-hybridized carbons (Fsp3) is 0.160. The summed E-state index contributed by atoms with van der Waals surface area (Å²) in [6, 6.07) is 19.0. The maximum Gasteiger partial charge on any atom is 0.266 e. The van der Waals surface area contributed by atoms with Crippen LogP contribution in [0.4, 0.5) is 5.69 Å². The van der Waals surface area contributed by atoms with E-state index in [1.54, 1.807) is 12.3 Å². The summed E-state index contributed by atoms with van der Waals surface area (Å²) in [7, 11) is 0. The normalized spacial score (nSPS) is 10.9. The van der Waals surface area contributed by atoms with E-state index in [9.17, 15) is 10.1 Å². The standard InChI is InChI=1S/C25H23N3O2/c1-17-8-4-5-10-23(17)28-25(29)21(15-26)14-20-12-18(2)24(19(3)13-20)30-16-22-9-6-7-11-27-22/h4-14H,16H2,1-3H3,(H,28,29)/b21-14+. The number of anilines is 1. The van der Waals surface area contributed by atoms with E-state index in [0.29, 0.717) is 12.3 Å². The highest BCUT2D eigenvalue weighted by Crippen LogP contribution is 2.27. The topological polar surface area (TPSA) is 75.0 Å². The molecular formula is C25H23N3O2. The molecule has 2 aromatic carbocycles. The number of nitrogens with zero attached hydrogens (tertiary/aromatic N) is 2. The first-order chi connectivity index (χ1) is 14.5. The van der Waals surface area contributed by atoms with Gasteiger partial charge in [-0.25, -0.2) is 0 Å². The minimum Gasteiger partial charge on any atom is -0.487 e. The molecule has 5 nitrogen and oxygen atoms in total. The third-order valence-electron chi connectivity index (χ3n) is 4.64. The Balaban J connectivity index is 1.79. The molecule has 3 aromatic rings. The van der Waals surface area contributed by atoms with Crippen LogP contribution >= 0.6 is 0 Å². The fourth-order valence-electron chi connectivity index (χ4n) is 3.14. The van der Waals surface area contributed by atoms with Crippen LogP contribution in [0, 0.1) is 32.1 Å². The average Bonchev–Trinajstić information content (AvgIpc) is 2.73. The van der Waals surface area contributed by atoms with E-state index in [1.165, 1.54) is 0 Å². The van der Waals surface area contributed by atoms with Crippen LogP contribution in [0.1, 0.15) is 27.9 Å². The summed E-state index contributed by atoms with van der Waals surface area (Å²) in [5.41, 5.74) is 5.13. The van der Waals surface area contributed by atoms with Crippen LogP contribution in [0.25, 0.3) is 6.08 Å². The lowest BCUT2D eigenvalue weighted by Gasteiger charge is -2.13. The Morgan fingerprint density at radius 1 is 1.07 bits per heavy atom. The number of carbonyl (C=O) groups is 1. The van der Waals surface area contributed by atoms with Crippen LogP contribution in [0.5, 0.6) is 5.75 Å². The molecule has 0 aliphatic heterocycles. The van der Waals surface area contributed by atoms with E-state index in [2.05, 4.69) is 10.3 Å². The molecule has 150 valence electrons. The number of carbonyl (C=O) groups excluding carboxylic acids is 1. The quantitative estimate of drug-likeness (QED) is 0.462. The van der Waals surface area contributed by atoms with E-state index >= 15 is 0 Å². The molecule has 0 spiro atoms. The third kappa shape index (κ3) is 5.12. The average molecular weight is 397 g/mol. The molecule has 1 heterocycles. The van der Waals surface area contributed by atoms with Gasteiger partial charge in [-0.15, -0.1) is 0 Å². The van der Waals surface area contributed by atoms with E-state index in [1.807, 2.05) is 81.4 Å². The summed E-state index contributed by atoms with van der Waals surface area (Å²) in [5.74, 6) is 0.346. The lowest BCUT2D eigenvalue weighted by Crippen LogP contribution is -2.14. The van der Waals surface area contributed by atoms with Crippen molar-refractivity contribution in [2.24, 2.45) is 0 Å². The van der Waals surface area contributed by atoms with Crippen molar-refractivity contribution in [1.82, 2.24) is 4.98 Å². The maximum atomic E-state index is 12.6. The smallest absolute Gasteiger partial charge is 0.266 e. The van der Waals surface area contributed by atoms with Gasteiger partial charge in [0, 0.05) is 11.9 Å². The molecule has 1 amide bonds. The number of amides is 1. The number of nitrogens with one attached hydrogen (secondary N) is 1. The molecule has 30 heavy (non-hydrogen) atoms. The Morgan fingerprint density at radius 2 is 1.77 bits per heavy atom. The van der Waals surface area contributed by atoms with Gasteiger partial charge in [0.05, 0.1) is 5.69 Å². The highest BCUT2D eigenvalue weighted by Gasteiger charge is 2.12. The summed E-state index contributed by atoms with van der Waals surface area (Å²) in [4.78, 5) is 16.8. The molecule has 0 saturated heterocycles.